The highest BCUT2D eigenvalue weighted by atomic mass is 16.5. The lowest BCUT2D eigenvalue weighted by molar-refractivity contribution is -0.129. The number of aryl methyl sites for hydroxylation is 2. The van der Waals surface area contributed by atoms with Crippen molar-refractivity contribution in [1.29, 1.82) is 0 Å². The topological polar surface area (TPSA) is 41.6 Å². The van der Waals surface area contributed by atoms with E-state index in [-0.39, 0.29) is 5.91 Å². The maximum absolute atomic E-state index is 11.8. The van der Waals surface area contributed by atoms with Gasteiger partial charge >= 0.3 is 0 Å². The van der Waals surface area contributed by atoms with E-state index in [9.17, 15) is 4.79 Å². The molecule has 0 aliphatic carbocycles. The van der Waals surface area contributed by atoms with Gasteiger partial charge < -0.3 is 15.0 Å². The number of hydrogen-bond acceptors (Lipinski definition) is 3. The van der Waals surface area contributed by atoms with Gasteiger partial charge in [-0.25, -0.2) is 0 Å². The van der Waals surface area contributed by atoms with E-state index in [1.807, 2.05) is 39.8 Å². The Bertz CT molecular complexity index is 424. The fraction of sp³-hybridized carbons (Fsp3) is 0.562. The molecule has 20 heavy (non-hydrogen) atoms. The molecule has 0 aromatic heterocycles. The molecule has 0 aliphatic rings. The number of carbonyl (C=O) groups excluding carboxylic acids is 1. The quantitative estimate of drug-likeness (QED) is 0.831. The molecule has 1 aromatic rings. The summed E-state index contributed by atoms with van der Waals surface area (Å²) >= 11 is 0. The lowest BCUT2D eigenvalue weighted by Crippen LogP contribution is -2.39. The van der Waals surface area contributed by atoms with Gasteiger partial charge in [0.15, 0.2) is 0 Å². The van der Waals surface area contributed by atoms with E-state index in [0.29, 0.717) is 25.7 Å². The number of likely N-dealkylation sites (N-methyl/N-ethyl adjacent to an activating group) is 1. The highest BCUT2D eigenvalue weighted by Gasteiger charge is 2.08. The Kier molecular flexibility index (Phi) is 6.52. The Morgan fingerprint density at radius 1 is 1.25 bits per heavy atom. The molecule has 0 bridgehead atoms. The van der Waals surface area contributed by atoms with Crippen molar-refractivity contribution in [3.05, 3.63) is 29.3 Å². The van der Waals surface area contributed by atoms with Crippen molar-refractivity contribution in [3.63, 3.8) is 0 Å². The Morgan fingerprint density at radius 2 is 1.85 bits per heavy atom. The van der Waals surface area contributed by atoms with Crippen molar-refractivity contribution >= 4 is 5.91 Å². The summed E-state index contributed by atoms with van der Waals surface area (Å²) in [5, 5.41) is 3.12. The molecule has 0 heterocycles. The first-order valence-corrected chi connectivity index (χ1v) is 7.07. The number of carbonyl (C=O) groups is 1. The fourth-order valence-corrected chi connectivity index (χ4v) is 1.87. The molecule has 0 spiro atoms. The molecule has 0 fully saturated rings. The zero-order valence-corrected chi connectivity index (χ0v) is 13.2. The normalized spacial score (nSPS) is 10.7. The summed E-state index contributed by atoms with van der Waals surface area (Å²) in [4.78, 5) is 13.5. The van der Waals surface area contributed by atoms with Crippen LogP contribution in [-0.4, -0.2) is 43.6 Å². The van der Waals surface area contributed by atoms with E-state index in [0.717, 1.165) is 5.75 Å². The van der Waals surface area contributed by atoms with E-state index in [2.05, 4.69) is 11.4 Å². The molecule has 1 amide bonds. The molecule has 1 aromatic carbocycles. The molecule has 1 N–H and O–H groups in total. The lowest BCUT2D eigenvalue weighted by Gasteiger charge is -2.19. The van der Waals surface area contributed by atoms with Crippen LogP contribution in [0, 0.1) is 13.8 Å². The van der Waals surface area contributed by atoms with Crippen LogP contribution in [0.3, 0.4) is 0 Å². The number of nitrogens with one attached hydrogen (secondary N) is 1. The molecular weight excluding hydrogens is 252 g/mol. The lowest BCUT2D eigenvalue weighted by atomic mass is 10.1. The highest BCUT2D eigenvalue weighted by molar-refractivity contribution is 5.77. The molecule has 1 rings (SSSR count). The second-order valence-corrected chi connectivity index (χ2v) is 5.52. The van der Waals surface area contributed by atoms with Crippen LogP contribution in [0.4, 0.5) is 0 Å². The Balaban J connectivity index is 2.34. The zero-order valence-electron chi connectivity index (χ0n) is 13.2. The molecule has 0 saturated heterocycles. The summed E-state index contributed by atoms with van der Waals surface area (Å²) in [5.74, 6) is 0.950. The van der Waals surface area contributed by atoms with E-state index < -0.39 is 0 Å². The van der Waals surface area contributed by atoms with Crippen molar-refractivity contribution in [3.8, 4) is 5.75 Å². The number of amides is 1. The zero-order chi connectivity index (χ0) is 15.1. The minimum Gasteiger partial charge on any atom is -0.492 e. The standard InChI is InChI=1S/C16H26N2O2/c1-12(2)17-11-16(19)18(5)6-7-20-15-9-13(3)8-14(4)10-15/h8-10,12,17H,6-7,11H2,1-5H3. The molecule has 4 nitrogen and oxygen atoms in total. The van der Waals surface area contributed by atoms with E-state index in [1.165, 1.54) is 11.1 Å². The average molecular weight is 278 g/mol. The van der Waals surface area contributed by atoms with Gasteiger partial charge in [-0.15, -0.1) is 0 Å². The number of hydrogen-bond donors (Lipinski definition) is 1. The number of ether oxygens (including phenoxy) is 1. The predicted octanol–water partition coefficient (Wildman–Crippen LogP) is 2.14. The Labute approximate surface area is 122 Å². The molecule has 0 radical (unpaired) electrons. The van der Waals surface area contributed by atoms with E-state index >= 15 is 0 Å². The van der Waals surface area contributed by atoms with Gasteiger partial charge in [0, 0.05) is 13.1 Å². The van der Waals surface area contributed by atoms with Crippen molar-refractivity contribution in [1.82, 2.24) is 10.2 Å². The minimum atomic E-state index is 0.0859. The van der Waals surface area contributed by atoms with Crippen LogP contribution >= 0.6 is 0 Å². The highest BCUT2D eigenvalue weighted by Crippen LogP contribution is 2.15. The van der Waals surface area contributed by atoms with Crippen LogP contribution in [0.5, 0.6) is 5.75 Å². The second kappa shape index (κ2) is 7.90. The van der Waals surface area contributed by atoms with Crippen LogP contribution in [0.2, 0.25) is 0 Å². The van der Waals surface area contributed by atoms with Crippen LogP contribution in [0.15, 0.2) is 18.2 Å². The minimum absolute atomic E-state index is 0.0859. The van der Waals surface area contributed by atoms with Gasteiger partial charge in [0.1, 0.15) is 12.4 Å². The molecule has 0 aliphatic heterocycles. The van der Waals surface area contributed by atoms with E-state index in [1.54, 1.807) is 11.9 Å². The van der Waals surface area contributed by atoms with Gasteiger partial charge in [0.2, 0.25) is 5.91 Å². The van der Waals surface area contributed by atoms with Crippen LogP contribution in [-0.2, 0) is 4.79 Å². The number of rotatable bonds is 7. The largest absolute Gasteiger partial charge is 0.492 e. The maximum atomic E-state index is 11.8. The second-order valence-electron chi connectivity index (χ2n) is 5.52. The van der Waals surface area contributed by atoms with Crippen LogP contribution in [0.25, 0.3) is 0 Å². The summed E-state index contributed by atoms with van der Waals surface area (Å²) < 4.78 is 5.70. The van der Waals surface area contributed by atoms with E-state index in [4.69, 9.17) is 4.74 Å². The first kappa shape index (κ1) is 16.5. The van der Waals surface area contributed by atoms with Gasteiger partial charge in [-0.2, -0.15) is 0 Å². The predicted molar refractivity (Wildman–Crippen MR) is 82.2 cm³/mol. The van der Waals surface area contributed by atoms with Crippen LogP contribution < -0.4 is 10.1 Å². The summed E-state index contributed by atoms with van der Waals surface area (Å²) in [6.07, 6.45) is 0. The average Bonchev–Trinajstić information content (AvgIpc) is 2.34. The van der Waals surface area contributed by atoms with Gasteiger partial charge in [0.05, 0.1) is 13.1 Å². The molecule has 0 atom stereocenters. The Morgan fingerprint density at radius 3 is 2.40 bits per heavy atom. The monoisotopic (exact) mass is 278 g/mol. The molecular formula is C16H26N2O2. The molecule has 0 saturated carbocycles. The van der Waals surface area contributed by atoms with Gasteiger partial charge in [-0.3, -0.25) is 4.79 Å². The number of nitrogens with zero attached hydrogens (tertiary/aromatic N) is 1. The van der Waals surface area contributed by atoms with Gasteiger partial charge in [-0.05, 0) is 37.1 Å². The Hall–Kier alpha value is -1.55. The first-order chi connectivity index (χ1) is 9.38. The molecule has 0 unspecified atom stereocenters. The van der Waals surface area contributed by atoms with Crippen molar-refractivity contribution in [2.24, 2.45) is 0 Å². The van der Waals surface area contributed by atoms with Crippen LogP contribution in [0.1, 0.15) is 25.0 Å². The summed E-state index contributed by atoms with van der Waals surface area (Å²) in [5.41, 5.74) is 2.37. The molecule has 112 valence electrons. The number of benzene rings is 1. The summed E-state index contributed by atoms with van der Waals surface area (Å²) in [6, 6.07) is 6.45. The smallest absolute Gasteiger partial charge is 0.236 e. The van der Waals surface area contributed by atoms with Gasteiger partial charge in [-0.1, -0.05) is 19.9 Å². The third kappa shape index (κ3) is 6.06. The third-order valence-corrected chi connectivity index (χ3v) is 2.98. The first-order valence-electron chi connectivity index (χ1n) is 7.07. The SMILES string of the molecule is Cc1cc(C)cc(OCCN(C)C(=O)CNC(C)C)c1. The fourth-order valence-electron chi connectivity index (χ4n) is 1.87. The van der Waals surface area contributed by atoms with Crippen molar-refractivity contribution in [2.75, 3.05) is 26.7 Å². The third-order valence-electron chi connectivity index (χ3n) is 2.98. The van der Waals surface area contributed by atoms with Crippen molar-refractivity contribution in [2.45, 2.75) is 33.7 Å². The maximum Gasteiger partial charge on any atom is 0.236 e. The van der Waals surface area contributed by atoms with Gasteiger partial charge in [0.25, 0.3) is 0 Å². The summed E-state index contributed by atoms with van der Waals surface area (Å²) in [7, 11) is 1.80. The van der Waals surface area contributed by atoms with Crippen molar-refractivity contribution < 1.29 is 9.53 Å². The summed E-state index contributed by atoms with van der Waals surface area (Å²) in [6.45, 7) is 9.61. The molecule has 4 heteroatoms.